The molecule has 1 rings (SSSR count). The molecule has 0 atom stereocenters. The minimum atomic E-state index is -3.96. The average Bonchev–Trinajstić information content (AvgIpc) is 2.45. The molecule has 0 aliphatic rings. The van der Waals surface area contributed by atoms with E-state index in [1.54, 1.807) is 6.92 Å². The van der Waals surface area contributed by atoms with Crippen LogP contribution in [0.25, 0.3) is 0 Å². The zero-order valence-corrected chi connectivity index (χ0v) is 12.8. The lowest BCUT2D eigenvalue weighted by Gasteiger charge is -2.05. The van der Waals surface area contributed by atoms with Crippen molar-refractivity contribution in [3.8, 4) is 0 Å². The number of esters is 1. The number of carbonyl (C=O) groups excluding carboxylic acids is 1. The molecule has 0 heterocycles. The summed E-state index contributed by atoms with van der Waals surface area (Å²) in [5, 5.41) is 14.1. The van der Waals surface area contributed by atoms with E-state index in [1.165, 1.54) is 6.92 Å². The molecule has 1 aromatic carbocycles. The minimum Gasteiger partial charge on any atom is -0.466 e. The first-order chi connectivity index (χ1) is 10.3. The Labute approximate surface area is 127 Å². The SMILES string of the molecule is CCOC(=O)C/C(C)=N\NS(=O)(=O)c1ccc([N+](=O)[O-])cc1. The third kappa shape index (κ3) is 5.13. The van der Waals surface area contributed by atoms with Crippen molar-refractivity contribution in [1.82, 2.24) is 4.83 Å². The summed E-state index contributed by atoms with van der Waals surface area (Å²) >= 11 is 0. The standard InChI is InChI=1S/C12H15N3O6S/c1-3-21-12(16)8-9(2)13-14-22(19,20)11-6-4-10(5-7-11)15(17)18/h4-7,14H,3,8H2,1-2H3/b13-9-. The quantitative estimate of drug-likeness (QED) is 0.346. The Kier molecular flexibility index (Phi) is 5.99. The largest absolute Gasteiger partial charge is 0.466 e. The van der Waals surface area contributed by atoms with Crippen LogP contribution in [0.3, 0.4) is 0 Å². The van der Waals surface area contributed by atoms with Gasteiger partial charge >= 0.3 is 5.97 Å². The lowest BCUT2D eigenvalue weighted by atomic mass is 10.3. The van der Waals surface area contributed by atoms with E-state index in [9.17, 15) is 23.3 Å². The molecule has 1 aromatic rings. The Morgan fingerprint density at radius 2 is 1.95 bits per heavy atom. The molecule has 0 aliphatic carbocycles. The smallest absolute Gasteiger partial charge is 0.311 e. The van der Waals surface area contributed by atoms with Crippen molar-refractivity contribution in [3.05, 3.63) is 34.4 Å². The topological polar surface area (TPSA) is 128 Å². The number of benzene rings is 1. The third-order valence-corrected chi connectivity index (χ3v) is 3.64. The number of hydrazone groups is 1. The van der Waals surface area contributed by atoms with Crippen molar-refractivity contribution in [1.29, 1.82) is 0 Å². The van der Waals surface area contributed by atoms with E-state index in [1.807, 2.05) is 4.83 Å². The van der Waals surface area contributed by atoms with E-state index in [2.05, 4.69) is 5.10 Å². The van der Waals surface area contributed by atoms with Gasteiger partial charge in [-0.25, -0.2) is 4.83 Å². The molecule has 0 saturated heterocycles. The number of rotatable bonds is 7. The maximum Gasteiger partial charge on any atom is 0.311 e. The molecule has 0 bridgehead atoms. The second-order valence-electron chi connectivity index (χ2n) is 4.17. The number of hydrogen-bond donors (Lipinski definition) is 1. The molecule has 0 fully saturated rings. The van der Waals surface area contributed by atoms with Crippen LogP contribution in [0.5, 0.6) is 0 Å². The Bertz CT molecular complexity index is 681. The van der Waals surface area contributed by atoms with Gasteiger partial charge in [0, 0.05) is 17.8 Å². The number of carbonyl (C=O) groups is 1. The lowest BCUT2D eigenvalue weighted by Crippen LogP contribution is -2.20. The number of nitro groups is 1. The zero-order chi connectivity index (χ0) is 16.8. The first-order valence-corrected chi connectivity index (χ1v) is 7.69. The van der Waals surface area contributed by atoms with Gasteiger partial charge in [-0.1, -0.05) is 0 Å². The number of nitrogens with one attached hydrogen (secondary N) is 1. The summed E-state index contributed by atoms with van der Waals surface area (Å²) in [5.41, 5.74) is 0.00452. The highest BCUT2D eigenvalue weighted by Crippen LogP contribution is 2.15. The molecular formula is C12H15N3O6S. The Balaban J connectivity index is 2.78. The van der Waals surface area contributed by atoms with Crippen molar-refractivity contribution in [2.24, 2.45) is 5.10 Å². The van der Waals surface area contributed by atoms with Gasteiger partial charge in [-0.2, -0.15) is 13.5 Å². The highest BCUT2D eigenvalue weighted by molar-refractivity contribution is 7.89. The van der Waals surface area contributed by atoms with Gasteiger partial charge in [0.2, 0.25) is 0 Å². The van der Waals surface area contributed by atoms with Crippen LogP contribution in [0, 0.1) is 10.1 Å². The molecule has 0 radical (unpaired) electrons. The Morgan fingerprint density at radius 1 is 1.36 bits per heavy atom. The molecule has 120 valence electrons. The Hall–Kier alpha value is -2.49. The van der Waals surface area contributed by atoms with Crippen LogP contribution in [-0.2, 0) is 19.6 Å². The fourth-order valence-electron chi connectivity index (χ4n) is 1.40. The maximum absolute atomic E-state index is 11.9. The highest BCUT2D eigenvalue weighted by atomic mass is 32.2. The first-order valence-electron chi connectivity index (χ1n) is 6.21. The second kappa shape index (κ2) is 7.50. The van der Waals surface area contributed by atoms with Crippen molar-refractivity contribution in [2.45, 2.75) is 25.2 Å². The van der Waals surface area contributed by atoms with Crippen LogP contribution in [0.2, 0.25) is 0 Å². The molecule has 9 nitrogen and oxygen atoms in total. The van der Waals surface area contributed by atoms with E-state index in [0.717, 1.165) is 24.3 Å². The molecule has 10 heteroatoms. The van der Waals surface area contributed by atoms with E-state index < -0.39 is 20.9 Å². The van der Waals surface area contributed by atoms with E-state index in [-0.39, 0.29) is 29.3 Å². The fraction of sp³-hybridized carbons (Fsp3) is 0.333. The van der Waals surface area contributed by atoms with Gasteiger partial charge in [-0.15, -0.1) is 0 Å². The molecule has 0 aromatic heterocycles. The van der Waals surface area contributed by atoms with Gasteiger partial charge in [-0.05, 0) is 26.0 Å². The molecule has 0 saturated carbocycles. The highest BCUT2D eigenvalue weighted by Gasteiger charge is 2.15. The first kappa shape index (κ1) is 17.6. The van der Waals surface area contributed by atoms with Gasteiger partial charge < -0.3 is 4.74 Å². The molecule has 22 heavy (non-hydrogen) atoms. The van der Waals surface area contributed by atoms with Gasteiger partial charge in [0.1, 0.15) is 0 Å². The van der Waals surface area contributed by atoms with Crippen molar-refractivity contribution in [2.75, 3.05) is 6.61 Å². The number of hydrogen-bond acceptors (Lipinski definition) is 7. The van der Waals surface area contributed by atoms with Crippen LogP contribution < -0.4 is 4.83 Å². The van der Waals surface area contributed by atoms with Gasteiger partial charge in [0.15, 0.2) is 0 Å². The molecule has 0 aliphatic heterocycles. The zero-order valence-electron chi connectivity index (χ0n) is 12.0. The second-order valence-corrected chi connectivity index (χ2v) is 5.84. The fourth-order valence-corrected chi connectivity index (χ4v) is 2.27. The average molecular weight is 329 g/mol. The summed E-state index contributed by atoms with van der Waals surface area (Å²) in [7, 11) is -3.96. The summed E-state index contributed by atoms with van der Waals surface area (Å²) in [4.78, 5) is 22.9. The number of sulfonamides is 1. The number of ether oxygens (including phenoxy) is 1. The Morgan fingerprint density at radius 3 is 2.45 bits per heavy atom. The number of nitrogens with zero attached hydrogens (tertiary/aromatic N) is 2. The predicted molar refractivity (Wildman–Crippen MR) is 77.8 cm³/mol. The van der Waals surface area contributed by atoms with E-state index in [0.29, 0.717) is 0 Å². The number of non-ortho nitro benzene ring substituents is 1. The van der Waals surface area contributed by atoms with Crippen LogP contribution in [-0.4, -0.2) is 31.6 Å². The minimum absolute atomic E-state index is 0.142. The summed E-state index contributed by atoms with van der Waals surface area (Å²) < 4.78 is 28.6. The van der Waals surface area contributed by atoms with Gasteiger partial charge in [0.25, 0.3) is 15.7 Å². The van der Waals surface area contributed by atoms with Crippen LogP contribution in [0.1, 0.15) is 20.3 Å². The maximum atomic E-state index is 11.9. The predicted octanol–water partition coefficient (Wildman–Crippen LogP) is 1.20. The molecule has 0 spiro atoms. The summed E-state index contributed by atoms with van der Waals surface area (Å²) in [6.07, 6.45) is -0.142. The summed E-state index contributed by atoms with van der Waals surface area (Å²) in [6.45, 7) is 3.34. The van der Waals surface area contributed by atoms with E-state index >= 15 is 0 Å². The van der Waals surface area contributed by atoms with E-state index in [4.69, 9.17) is 4.74 Å². The van der Waals surface area contributed by atoms with Crippen molar-refractivity contribution >= 4 is 27.4 Å². The molecule has 0 amide bonds. The monoisotopic (exact) mass is 329 g/mol. The normalized spacial score (nSPS) is 11.8. The van der Waals surface area contributed by atoms with Crippen molar-refractivity contribution in [3.63, 3.8) is 0 Å². The van der Waals surface area contributed by atoms with Crippen molar-refractivity contribution < 1.29 is 22.9 Å². The van der Waals surface area contributed by atoms with Crippen LogP contribution in [0.15, 0.2) is 34.3 Å². The molecule has 1 N–H and O–H groups in total. The van der Waals surface area contributed by atoms with Gasteiger partial charge in [-0.3, -0.25) is 14.9 Å². The number of nitro benzene ring substituents is 1. The van der Waals surface area contributed by atoms with Crippen LogP contribution in [0.4, 0.5) is 5.69 Å². The molecular weight excluding hydrogens is 314 g/mol. The lowest BCUT2D eigenvalue weighted by molar-refractivity contribution is -0.384. The summed E-state index contributed by atoms with van der Waals surface area (Å²) in [6, 6.07) is 4.33. The van der Waals surface area contributed by atoms with Crippen LogP contribution >= 0.6 is 0 Å². The van der Waals surface area contributed by atoms with Gasteiger partial charge in [0.05, 0.1) is 22.8 Å². The third-order valence-electron chi connectivity index (χ3n) is 2.42. The summed E-state index contributed by atoms with van der Waals surface area (Å²) in [5.74, 6) is -0.515. The molecule has 0 unspecified atom stereocenters.